The second kappa shape index (κ2) is 6.94. The van der Waals surface area contributed by atoms with Crippen molar-refractivity contribution >= 4 is 11.4 Å². The molecular weight excluding hydrogens is 251 g/mol. The Bertz CT molecular complexity index is 520. The minimum absolute atomic E-state index is 0.188. The molecule has 0 saturated heterocycles. The molecule has 20 heavy (non-hydrogen) atoms. The van der Waals surface area contributed by atoms with Gasteiger partial charge < -0.3 is 10.6 Å². The number of hydrogen-bond donors (Lipinski definition) is 1. The predicted octanol–water partition coefficient (Wildman–Crippen LogP) is 3.87. The van der Waals surface area contributed by atoms with Crippen LogP contribution >= 0.6 is 0 Å². The third-order valence-corrected chi connectivity index (χ3v) is 3.45. The average Bonchev–Trinajstić information content (AvgIpc) is 2.47. The molecule has 0 radical (unpaired) electrons. The van der Waals surface area contributed by atoms with E-state index >= 15 is 0 Å². The van der Waals surface area contributed by atoms with Crippen molar-refractivity contribution in [3.8, 4) is 0 Å². The van der Waals surface area contributed by atoms with E-state index < -0.39 is 0 Å². The van der Waals surface area contributed by atoms with E-state index in [1.807, 2.05) is 24.3 Å². The highest BCUT2D eigenvalue weighted by Gasteiger charge is 2.04. The number of aryl methyl sites for hydroxylation is 1. The zero-order valence-corrected chi connectivity index (χ0v) is 11.8. The van der Waals surface area contributed by atoms with E-state index in [2.05, 4.69) is 24.0 Å². The lowest BCUT2D eigenvalue weighted by Crippen LogP contribution is -2.24. The third kappa shape index (κ3) is 3.98. The highest BCUT2D eigenvalue weighted by molar-refractivity contribution is 5.46. The van der Waals surface area contributed by atoms with Crippen molar-refractivity contribution in [1.29, 1.82) is 0 Å². The van der Waals surface area contributed by atoms with Gasteiger partial charge in [-0.05, 0) is 61.7 Å². The normalized spacial score (nSPS) is 10.5. The minimum atomic E-state index is -0.188. The van der Waals surface area contributed by atoms with Gasteiger partial charge in [0.25, 0.3) is 0 Å². The molecule has 0 spiro atoms. The molecule has 0 aliphatic heterocycles. The molecular formula is C17H21FN2. The molecule has 3 heteroatoms. The van der Waals surface area contributed by atoms with Crippen LogP contribution in [-0.2, 0) is 6.42 Å². The molecule has 2 aromatic carbocycles. The maximum Gasteiger partial charge on any atom is 0.123 e. The predicted molar refractivity (Wildman–Crippen MR) is 83.5 cm³/mol. The van der Waals surface area contributed by atoms with Crippen LogP contribution in [0.3, 0.4) is 0 Å². The van der Waals surface area contributed by atoms with Gasteiger partial charge in [-0.15, -0.1) is 0 Å². The lowest BCUT2D eigenvalue weighted by molar-refractivity contribution is 0.627. The van der Waals surface area contributed by atoms with Crippen LogP contribution in [0.2, 0.25) is 0 Å². The molecule has 2 nitrogen and oxygen atoms in total. The Morgan fingerprint density at radius 3 is 2.25 bits per heavy atom. The smallest absolute Gasteiger partial charge is 0.123 e. The van der Waals surface area contributed by atoms with Crippen molar-refractivity contribution in [2.45, 2.75) is 19.8 Å². The van der Waals surface area contributed by atoms with Crippen LogP contribution in [0, 0.1) is 5.82 Å². The Morgan fingerprint density at radius 1 is 1.00 bits per heavy atom. The van der Waals surface area contributed by atoms with Gasteiger partial charge in [-0.3, -0.25) is 0 Å². The van der Waals surface area contributed by atoms with E-state index in [0.29, 0.717) is 0 Å². The number of halogens is 1. The summed E-state index contributed by atoms with van der Waals surface area (Å²) < 4.78 is 12.9. The topological polar surface area (TPSA) is 29.3 Å². The summed E-state index contributed by atoms with van der Waals surface area (Å²) in [5.41, 5.74) is 8.85. The maximum atomic E-state index is 12.9. The Morgan fingerprint density at radius 2 is 1.65 bits per heavy atom. The summed E-state index contributed by atoms with van der Waals surface area (Å²) >= 11 is 0. The fourth-order valence-corrected chi connectivity index (χ4v) is 2.28. The molecule has 0 atom stereocenters. The van der Waals surface area contributed by atoms with Crippen LogP contribution in [0.4, 0.5) is 15.8 Å². The highest BCUT2D eigenvalue weighted by Crippen LogP contribution is 2.16. The minimum Gasteiger partial charge on any atom is -0.399 e. The van der Waals surface area contributed by atoms with E-state index in [9.17, 15) is 4.39 Å². The summed E-state index contributed by atoms with van der Waals surface area (Å²) in [4.78, 5) is 2.26. The lowest BCUT2D eigenvalue weighted by atomic mass is 10.1. The van der Waals surface area contributed by atoms with Gasteiger partial charge in [0, 0.05) is 24.5 Å². The number of rotatable bonds is 6. The first-order valence-electron chi connectivity index (χ1n) is 7.04. The van der Waals surface area contributed by atoms with Crippen LogP contribution in [0.5, 0.6) is 0 Å². The number of nitrogens with zero attached hydrogens (tertiary/aromatic N) is 1. The molecule has 0 heterocycles. The Kier molecular flexibility index (Phi) is 4.99. The van der Waals surface area contributed by atoms with Crippen molar-refractivity contribution < 1.29 is 4.39 Å². The first-order valence-corrected chi connectivity index (χ1v) is 7.04. The lowest BCUT2D eigenvalue weighted by Gasteiger charge is -2.23. The number of hydrogen-bond acceptors (Lipinski definition) is 2. The SMILES string of the molecule is CCN(CCCc1ccc(N)cc1)c1ccc(F)cc1. The van der Waals surface area contributed by atoms with Crippen molar-refractivity contribution in [2.75, 3.05) is 23.7 Å². The number of nitrogen functional groups attached to an aromatic ring is 1. The highest BCUT2D eigenvalue weighted by atomic mass is 19.1. The van der Waals surface area contributed by atoms with Gasteiger partial charge in [0.1, 0.15) is 5.82 Å². The first-order chi connectivity index (χ1) is 9.69. The van der Waals surface area contributed by atoms with Gasteiger partial charge in [0.2, 0.25) is 0 Å². The Hall–Kier alpha value is -2.03. The summed E-state index contributed by atoms with van der Waals surface area (Å²) in [5, 5.41) is 0. The van der Waals surface area contributed by atoms with E-state index in [1.165, 1.54) is 17.7 Å². The van der Waals surface area contributed by atoms with E-state index in [1.54, 1.807) is 0 Å². The zero-order chi connectivity index (χ0) is 14.4. The van der Waals surface area contributed by atoms with Gasteiger partial charge >= 0.3 is 0 Å². The summed E-state index contributed by atoms with van der Waals surface area (Å²) in [6.45, 7) is 4.01. The zero-order valence-electron chi connectivity index (χ0n) is 11.8. The fraction of sp³-hybridized carbons (Fsp3) is 0.294. The molecule has 0 saturated carbocycles. The molecule has 0 aromatic heterocycles. The van der Waals surface area contributed by atoms with Gasteiger partial charge in [-0.25, -0.2) is 4.39 Å². The fourth-order valence-electron chi connectivity index (χ4n) is 2.28. The Labute approximate surface area is 120 Å². The second-order valence-corrected chi connectivity index (χ2v) is 4.90. The summed E-state index contributed by atoms with van der Waals surface area (Å²) in [7, 11) is 0. The van der Waals surface area contributed by atoms with Crippen LogP contribution in [0.1, 0.15) is 18.9 Å². The van der Waals surface area contributed by atoms with Gasteiger partial charge in [-0.1, -0.05) is 12.1 Å². The number of nitrogens with two attached hydrogens (primary N) is 1. The monoisotopic (exact) mass is 272 g/mol. The number of anilines is 2. The molecule has 0 fully saturated rings. The first kappa shape index (κ1) is 14.4. The van der Waals surface area contributed by atoms with Crippen LogP contribution in [0.15, 0.2) is 48.5 Å². The van der Waals surface area contributed by atoms with Gasteiger partial charge in [0.15, 0.2) is 0 Å². The van der Waals surface area contributed by atoms with Crippen molar-refractivity contribution in [1.82, 2.24) is 0 Å². The Balaban J connectivity index is 1.87. The second-order valence-electron chi connectivity index (χ2n) is 4.90. The molecule has 0 amide bonds. The summed E-state index contributed by atoms with van der Waals surface area (Å²) in [6, 6.07) is 14.7. The van der Waals surface area contributed by atoms with Gasteiger partial charge in [0.05, 0.1) is 0 Å². The molecule has 2 aromatic rings. The van der Waals surface area contributed by atoms with Gasteiger partial charge in [-0.2, -0.15) is 0 Å². The van der Waals surface area contributed by atoms with E-state index in [-0.39, 0.29) is 5.82 Å². The van der Waals surface area contributed by atoms with Crippen LogP contribution in [-0.4, -0.2) is 13.1 Å². The van der Waals surface area contributed by atoms with Crippen molar-refractivity contribution in [2.24, 2.45) is 0 Å². The molecule has 0 unspecified atom stereocenters. The largest absolute Gasteiger partial charge is 0.399 e. The van der Waals surface area contributed by atoms with Crippen LogP contribution in [0.25, 0.3) is 0 Å². The molecule has 2 rings (SSSR count). The molecule has 0 aliphatic carbocycles. The third-order valence-electron chi connectivity index (χ3n) is 3.45. The maximum absolute atomic E-state index is 12.9. The average molecular weight is 272 g/mol. The number of benzene rings is 2. The summed E-state index contributed by atoms with van der Waals surface area (Å²) in [6.07, 6.45) is 2.09. The summed E-state index contributed by atoms with van der Waals surface area (Å²) in [5.74, 6) is -0.188. The van der Waals surface area contributed by atoms with Crippen LogP contribution < -0.4 is 10.6 Å². The van der Waals surface area contributed by atoms with E-state index in [4.69, 9.17) is 5.73 Å². The molecule has 2 N–H and O–H groups in total. The standard InChI is InChI=1S/C17H21FN2/c1-2-20(17-11-7-15(18)8-12-17)13-3-4-14-5-9-16(19)10-6-14/h5-12H,2-4,13,19H2,1H3. The molecule has 0 bridgehead atoms. The van der Waals surface area contributed by atoms with Crippen molar-refractivity contribution in [3.05, 3.63) is 59.9 Å². The molecule has 106 valence electrons. The quantitative estimate of drug-likeness (QED) is 0.809. The molecule has 0 aliphatic rings. The van der Waals surface area contributed by atoms with Crippen molar-refractivity contribution in [3.63, 3.8) is 0 Å². The van der Waals surface area contributed by atoms with E-state index in [0.717, 1.165) is 37.3 Å².